The molecule has 0 unspecified atom stereocenters. The van der Waals surface area contributed by atoms with Crippen LogP contribution < -0.4 is 10.2 Å². The summed E-state index contributed by atoms with van der Waals surface area (Å²) in [5, 5.41) is 3.24. The molecule has 3 nitrogen and oxygen atoms in total. The van der Waals surface area contributed by atoms with Crippen LogP contribution >= 0.6 is 15.9 Å². The molecule has 3 rings (SSSR count). The van der Waals surface area contributed by atoms with Gasteiger partial charge in [-0.25, -0.2) is 4.79 Å². The van der Waals surface area contributed by atoms with Crippen molar-refractivity contribution in [2.45, 2.75) is 24.8 Å². The smallest absolute Gasteiger partial charge is 0.322 e. The lowest BCUT2D eigenvalue weighted by Crippen LogP contribution is -2.54. The predicted octanol–water partition coefficient (Wildman–Crippen LogP) is 4.67. The number of carbonyl (C=O) groups is 1. The summed E-state index contributed by atoms with van der Waals surface area (Å²) in [5.74, 6) is 0. The Hall–Kier alpha value is -1.81. The molecule has 0 bridgehead atoms. The number of halogens is 1. The molecule has 22 heavy (non-hydrogen) atoms. The lowest BCUT2D eigenvalue weighted by atomic mass is 9.72. The van der Waals surface area contributed by atoms with Crippen LogP contribution in [0.3, 0.4) is 0 Å². The fourth-order valence-electron chi connectivity index (χ4n) is 2.84. The Bertz CT molecular complexity index is 651. The van der Waals surface area contributed by atoms with Crippen LogP contribution in [0, 0.1) is 0 Å². The molecular formula is C18H19BrN2O. The Morgan fingerprint density at radius 1 is 1.09 bits per heavy atom. The van der Waals surface area contributed by atoms with Crippen LogP contribution in [-0.4, -0.2) is 13.1 Å². The van der Waals surface area contributed by atoms with Crippen molar-refractivity contribution in [2.24, 2.45) is 0 Å². The van der Waals surface area contributed by atoms with Crippen LogP contribution in [0.2, 0.25) is 0 Å². The van der Waals surface area contributed by atoms with Gasteiger partial charge >= 0.3 is 6.03 Å². The molecule has 2 amide bonds. The van der Waals surface area contributed by atoms with Gasteiger partial charge in [0.05, 0.1) is 5.54 Å². The minimum atomic E-state index is -0.221. The second-order valence-corrected chi connectivity index (χ2v) is 6.68. The maximum atomic E-state index is 12.6. The monoisotopic (exact) mass is 358 g/mol. The van der Waals surface area contributed by atoms with Crippen molar-refractivity contribution in [3.63, 3.8) is 0 Å². The molecule has 114 valence electrons. The van der Waals surface area contributed by atoms with Gasteiger partial charge in [0.1, 0.15) is 0 Å². The third-order valence-electron chi connectivity index (χ3n) is 4.40. The van der Waals surface area contributed by atoms with E-state index in [-0.39, 0.29) is 11.6 Å². The number of amides is 2. The SMILES string of the molecule is CN(C(=O)NC1(c2ccc(Br)cc2)CCC1)c1ccccc1. The molecule has 1 aliphatic carbocycles. The fourth-order valence-corrected chi connectivity index (χ4v) is 3.11. The highest BCUT2D eigenvalue weighted by Gasteiger charge is 2.40. The average molecular weight is 359 g/mol. The van der Waals surface area contributed by atoms with E-state index in [2.05, 4.69) is 33.4 Å². The van der Waals surface area contributed by atoms with Crippen LogP contribution in [0.25, 0.3) is 0 Å². The molecule has 0 radical (unpaired) electrons. The van der Waals surface area contributed by atoms with Crippen LogP contribution in [0.4, 0.5) is 10.5 Å². The summed E-state index contributed by atoms with van der Waals surface area (Å²) in [6.07, 6.45) is 3.12. The van der Waals surface area contributed by atoms with Crippen LogP contribution in [0.1, 0.15) is 24.8 Å². The topological polar surface area (TPSA) is 32.3 Å². The third kappa shape index (κ3) is 2.88. The second-order valence-electron chi connectivity index (χ2n) is 5.77. The zero-order chi connectivity index (χ0) is 15.6. The normalized spacial score (nSPS) is 15.7. The van der Waals surface area contributed by atoms with E-state index >= 15 is 0 Å². The van der Waals surface area contributed by atoms with Crippen molar-refractivity contribution < 1.29 is 4.79 Å². The number of rotatable bonds is 3. The number of benzene rings is 2. The lowest BCUT2D eigenvalue weighted by Gasteiger charge is -2.44. The lowest BCUT2D eigenvalue weighted by molar-refractivity contribution is 0.182. The number of anilines is 1. The van der Waals surface area contributed by atoms with Gasteiger partial charge < -0.3 is 5.32 Å². The van der Waals surface area contributed by atoms with Gasteiger partial charge in [0.15, 0.2) is 0 Å². The van der Waals surface area contributed by atoms with Crippen molar-refractivity contribution >= 4 is 27.6 Å². The van der Waals surface area contributed by atoms with E-state index in [0.29, 0.717) is 0 Å². The number of urea groups is 1. The van der Waals surface area contributed by atoms with Crippen molar-refractivity contribution in [3.05, 3.63) is 64.6 Å². The van der Waals surface area contributed by atoms with Gasteiger partial charge in [-0.3, -0.25) is 4.90 Å². The summed E-state index contributed by atoms with van der Waals surface area (Å²) in [5.41, 5.74) is 1.85. The average Bonchev–Trinajstić information content (AvgIpc) is 2.52. The molecule has 2 aromatic rings. The second kappa shape index (κ2) is 6.13. The maximum absolute atomic E-state index is 12.6. The van der Waals surface area contributed by atoms with E-state index in [9.17, 15) is 4.79 Å². The van der Waals surface area contributed by atoms with Crippen molar-refractivity contribution in [3.8, 4) is 0 Å². The minimum absolute atomic E-state index is 0.0613. The summed E-state index contributed by atoms with van der Waals surface area (Å²) in [4.78, 5) is 14.3. The first kappa shape index (κ1) is 15.1. The Morgan fingerprint density at radius 2 is 1.73 bits per heavy atom. The Labute approximate surface area is 139 Å². The van der Waals surface area contributed by atoms with Crippen molar-refractivity contribution in [1.82, 2.24) is 5.32 Å². The highest BCUT2D eigenvalue weighted by atomic mass is 79.9. The first-order chi connectivity index (χ1) is 10.6. The zero-order valence-electron chi connectivity index (χ0n) is 12.6. The van der Waals surface area contributed by atoms with Crippen LogP contribution in [0.5, 0.6) is 0 Å². The first-order valence-electron chi connectivity index (χ1n) is 7.48. The molecule has 1 saturated carbocycles. The molecule has 2 aromatic carbocycles. The highest BCUT2D eigenvalue weighted by molar-refractivity contribution is 9.10. The van der Waals surface area contributed by atoms with E-state index in [1.165, 1.54) is 5.56 Å². The van der Waals surface area contributed by atoms with Crippen LogP contribution in [0.15, 0.2) is 59.1 Å². The maximum Gasteiger partial charge on any atom is 0.322 e. The molecule has 0 atom stereocenters. The van der Waals surface area contributed by atoms with E-state index < -0.39 is 0 Å². The molecule has 0 spiro atoms. The van der Waals surface area contributed by atoms with Crippen LogP contribution in [-0.2, 0) is 5.54 Å². The third-order valence-corrected chi connectivity index (χ3v) is 4.93. The number of carbonyl (C=O) groups excluding carboxylic acids is 1. The largest absolute Gasteiger partial charge is 0.328 e. The van der Waals surface area contributed by atoms with Gasteiger partial charge in [-0.2, -0.15) is 0 Å². The van der Waals surface area contributed by atoms with E-state index in [1.807, 2.05) is 42.5 Å². The Morgan fingerprint density at radius 3 is 2.27 bits per heavy atom. The number of nitrogens with zero attached hydrogens (tertiary/aromatic N) is 1. The standard InChI is InChI=1S/C18H19BrN2O/c1-21(16-6-3-2-4-7-16)17(22)20-18(12-5-13-18)14-8-10-15(19)11-9-14/h2-4,6-11H,5,12-13H2,1H3,(H,20,22). The minimum Gasteiger partial charge on any atom is -0.328 e. The molecule has 0 heterocycles. The zero-order valence-corrected chi connectivity index (χ0v) is 14.1. The molecule has 0 aliphatic heterocycles. The Kier molecular flexibility index (Phi) is 4.21. The van der Waals surface area contributed by atoms with E-state index in [4.69, 9.17) is 0 Å². The summed E-state index contributed by atoms with van der Waals surface area (Å²) in [7, 11) is 1.80. The molecule has 0 saturated heterocycles. The molecular weight excluding hydrogens is 340 g/mol. The summed E-state index contributed by atoms with van der Waals surface area (Å²) >= 11 is 3.46. The molecule has 0 aromatic heterocycles. The predicted molar refractivity (Wildman–Crippen MR) is 93.0 cm³/mol. The van der Waals surface area contributed by atoms with Gasteiger partial charge in [-0.05, 0) is 49.1 Å². The van der Waals surface area contributed by atoms with E-state index in [1.54, 1.807) is 11.9 Å². The molecule has 1 aliphatic rings. The Balaban J connectivity index is 1.78. The molecule has 1 N–H and O–H groups in total. The summed E-state index contributed by atoms with van der Waals surface area (Å²) in [6.45, 7) is 0. The van der Waals surface area contributed by atoms with Crippen molar-refractivity contribution in [2.75, 3.05) is 11.9 Å². The molecule has 4 heteroatoms. The van der Waals surface area contributed by atoms with Gasteiger partial charge in [-0.1, -0.05) is 46.3 Å². The number of hydrogen-bond acceptors (Lipinski definition) is 1. The van der Waals surface area contributed by atoms with Crippen molar-refractivity contribution in [1.29, 1.82) is 0 Å². The molecule has 1 fully saturated rings. The first-order valence-corrected chi connectivity index (χ1v) is 8.27. The number of nitrogens with one attached hydrogen (secondary N) is 1. The van der Waals surface area contributed by atoms with E-state index in [0.717, 1.165) is 29.4 Å². The van der Waals surface area contributed by atoms with Gasteiger partial charge in [0, 0.05) is 17.2 Å². The van der Waals surface area contributed by atoms with Gasteiger partial charge in [0.2, 0.25) is 0 Å². The number of para-hydroxylation sites is 1. The quantitative estimate of drug-likeness (QED) is 0.848. The van der Waals surface area contributed by atoms with Gasteiger partial charge in [-0.15, -0.1) is 0 Å². The summed E-state index contributed by atoms with van der Waals surface area (Å²) < 4.78 is 1.05. The number of hydrogen-bond donors (Lipinski definition) is 1. The highest BCUT2D eigenvalue weighted by Crippen LogP contribution is 2.41. The van der Waals surface area contributed by atoms with Gasteiger partial charge in [0.25, 0.3) is 0 Å². The summed E-state index contributed by atoms with van der Waals surface area (Å²) in [6, 6.07) is 17.9. The fraction of sp³-hybridized carbons (Fsp3) is 0.278.